The van der Waals surface area contributed by atoms with Gasteiger partial charge in [-0.2, -0.15) is 0 Å². The standard InChI is InChI=1S/C33H23BrN2O3/c34-23-17-14-22(15-18-23)31(38)29-28(30(37)21-9-2-1-3-10-21)33(24-11-5-6-12-25(24)35-32(33)39)27-19-16-20-8-4-7-13-26(20)36(27)29/h1-19,27-29H,(H,35,39)/t27-,28+,29-,33-/m0/s1. The summed E-state index contributed by atoms with van der Waals surface area (Å²) >= 11 is 3.46. The minimum absolute atomic E-state index is 0.194. The summed E-state index contributed by atoms with van der Waals surface area (Å²) < 4.78 is 0.854. The number of carbonyl (C=O) groups is 3. The Balaban J connectivity index is 1.54. The average molecular weight is 575 g/mol. The van der Waals surface area contributed by atoms with Crippen LogP contribution < -0.4 is 10.2 Å². The molecule has 39 heavy (non-hydrogen) atoms. The largest absolute Gasteiger partial charge is 0.352 e. The van der Waals surface area contributed by atoms with Crippen LogP contribution in [0.4, 0.5) is 11.4 Å². The molecule has 1 saturated heterocycles. The van der Waals surface area contributed by atoms with Crippen molar-refractivity contribution in [2.75, 3.05) is 10.2 Å². The minimum atomic E-state index is -1.30. The maximum atomic E-state index is 14.6. The number of Topliss-reactive ketones (excluding diaryl/α,β-unsaturated/α-hetero) is 2. The lowest BCUT2D eigenvalue weighted by molar-refractivity contribution is -0.121. The first-order valence-electron chi connectivity index (χ1n) is 12.9. The van der Waals surface area contributed by atoms with Crippen LogP contribution in [0.5, 0.6) is 0 Å². The fourth-order valence-corrected chi connectivity index (χ4v) is 6.95. The zero-order valence-corrected chi connectivity index (χ0v) is 22.3. The monoisotopic (exact) mass is 574 g/mol. The molecule has 4 aromatic carbocycles. The molecule has 4 atom stereocenters. The summed E-state index contributed by atoms with van der Waals surface area (Å²) in [6.07, 6.45) is 3.99. The van der Waals surface area contributed by atoms with Crippen LogP contribution in [0, 0.1) is 5.92 Å². The summed E-state index contributed by atoms with van der Waals surface area (Å²) in [5, 5.41) is 3.06. The molecule has 3 heterocycles. The zero-order chi connectivity index (χ0) is 26.7. The Morgan fingerprint density at radius 2 is 1.44 bits per heavy atom. The molecule has 0 saturated carbocycles. The van der Waals surface area contributed by atoms with E-state index >= 15 is 0 Å². The van der Waals surface area contributed by atoms with E-state index in [9.17, 15) is 14.4 Å². The number of carbonyl (C=O) groups excluding carboxylic acids is 3. The van der Waals surface area contributed by atoms with Crippen molar-refractivity contribution >= 4 is 50.9 Å². The molecule has 5 nitrogen and oxygen atoms in total. The van der Waals surface area contributed by atoms with Gasteiger partial charge in [-0.15, -0.1) is 0 Å². The number of para-hydroxylation sites is 2. The van der Waals surface area contributed by atoms with Gasteiger partial charge < -0.3 is 10.2 Å². The predicted molar refractivity (Wildman–Crippen MR) is 155 cm³/mol. The normalized spacial score (nSPS) is 24.2. The number of fused-ring (bicyclic) bond motifs is 6. The second kappa shape index (κ2) is 8.89. The Morgan fingerprint density at radius 1 is 0.769 bits per heavy atom. The number of anilines is 2. The summed E-state index contributed by atoms with van der Waals surface area (Å²) in [5.74, 6) is -1.65. The van der Waals surface area contributed by atoms with Gasteiger partial charge in [-0.25, -0.2) is 0 Å². The van der Waals surface area contributed by atoms with E-state index in [1.54, 1.807) is 24.3 Å². The van der Waals surface area contributed by atoms with Gasteiger partial charge in [0.05, 0.1) is 12.0 Å². The highest BCUT2D eigenvalue weighted by atomic mass is 79.9. The highest BCUT2D eigenvalue weighted by molar-refractivity contribution is 9.10. The fourth-order valence-electron chi connectivity index (χ4n) is 6.69. The van der Waals surface area contributed by atoms with E-state index in [4.69, 9.17) is 0 Å². The van der Waals surface area contributed by atoms with Crippen molar-refractivity contribution in [3.05, 3.63) is 136 Å². The molecule has 3 aliphatic rings. The highest BCUT2D eigenvalue weighted by Crippen LogP contribution is 2.58. The molecule has 4 aromatic rings. The molecule has 0 aliphatic carbocycles. The van der Waals surface area contributed by atoms with Gasteiger partial charge in [-0.3, -0.25) is 14.4 Å². The Kier molecular flexibility index (Phi) is 5.42. The van der Waals surface area contributed by atoms with Gasteiger partial charge in [0.15, 0.2) is 11.6 Å². The first kappa shape index (κ1) is 23.8. The van der Waals surface area contributed by atoms with E-state index < -0.39 is 23.4 Å². The molecule has 0 bridgehead atoms. The molecule has 0 unspecified atom stereocenters. The van der Waals surface area contributed by atoms with Crippen molar-refractivity contribution in [2.45, 2.75) is 17.5 Å². The zero-order valence-electron chi connectivity index (χ0n) is 20.8. The summed E-state index contributed by atoms with van der Waals surface area (Å²) in [4.78, 5) is 45.5. The third-order valence-electron chi connectivity index (χ3n) is 8.28. The number of hydrogen-bond donors (Lipinski definition) is 1. The first-order chi connectivity index (χ1) is 19.0. The number of benzene rings is 4. The summed E-state index contributed by atoms with van der Waals surface area (Å²) in [7, 11) is 0. The van der Waals surface area contributed by atoms with E-state index in [0.717, 1.165) is 21.3 Å². The van der Waals surface area contributed by atoms with Gasteiger partial charge in [-0.1, -0.05) is 107 Å². The SMILES string of the molecule is O=C(c1ccc(Br)cc1)[C@@H]1[C@H](C(=O)c2ccccc2)[C@@]2(C(=O)Nc3ccccc32)[C@@H]2C=Cc3ccccc3N12. The molecule has 3 aliphatic heterocycles. The van der Waals surface area contributed by atoms with Crippen molar-refractivity contribution in [1.82, 2.24) is 0 Å². The first-order valence-corrected chi connectivity index (χ1v) is 13.7. The molecule has 7 rings (SSSR count). The smallest absolute Gasteiger partial charge is 0.238 e. The van der Waals surface area contributed by atoms with E-state index in [0.29, 0.717) is 16.8 Å². The Hall–Kier alpha value is -4.29. The van der Waals surface area contributed by atoms with Crippen LogP contribution in [0.2, 0.25) is 0 Å². The van der Waals surface area contributed by atoms with Gasteiger partial charge in [0, 0.05) is 27.0 Å². The number of nitrogens with one attached hydrogen (secondary N) is 1. The number of ketones is 2. The third kappa shape index (κ3) is 3.34. The molecule has 1 spiro atoms. The Labute approximate surface area is 234 Å². The van der Waals surface area contributed by atoms with Crippen LogP contribution in [0.25, 0.3) is 6.08 Å². The molecular formula is C33H23BrN2O3. The van der Waals surface area contributed by atoms with Gasteiger partial charge >= 0.3 is 0 Å². The quantitative estimate of drug-likeness (QED) is 0.290. The maximum absolute atomic E-state index is 14.6. The lowest BCUT2D eigenvalue weighted by Crippen LogP contribution is -2.51. The van der Waals surface area contributed by atoms with Crippen molar-refractivity contribution in [3.63, 3.8) is 0 Å². The van der Waals surface area contributed by atoms with Crippen LogP contribution >= 0.6 is 15.9 Å². The third-order valence-corrected chi connectivity index (χ3v) is 8.81. The lowest BCUT2D eigenvalue weighted by Gasteiger charge is -2.37. The van der Waals surface area contributed by atoms with Gasteiger partial charge in [0.25, 0.3) is 0 Å². The predicted octanol–water partition coefficient (Wildman–Crippen LogP) is 6.31. The van der Waals surface area contributed by atoms with Crippen molar-refractivity contribution < 1.29 is 14.4 Å². The van der Waals surface area contributed by atoms with E-state index in [2.05, 4.69) is 21.2 Å². The van der Waals surface area contributed by atoms with Crippen LogP contribution in [-0.4, -0.2) is 29.6 Å². The van der Waals surface area contributed by atoms with Crippen molar-refractivity contribution in [2.24, 2.45) is 5.92 Å². The Morgan fingerprint density at radius 3 is 2.23 bits per heavy atom. The Bertz CT molecular complexity index is 1680. The molecule has 0 aromatic heterocycles. The number of amides is 1. The van der Waals surface area contributed by atoms with Crippen LogP contribution in [0.1, 0.15) is 31.8 Å². The van der Waals surface area contributed by atoms with E-state index in [1.807, 2.05) is 95.9 Å². The molecular weight excluding hydrogens is 552 g/mol. The van der Waals surface area contributed by atoms with Crippen molar-refractivity contribution in [1.29, 1.82) is 0 Å². The summed E-state index contributed by atoms with van der Waals surface area (Å²) in [6, 6.07) is 30.1. The van der Waals surface area contributed by atoms with Crippen LogP contribution in [-0.2, 0) is 10.2 Å². The summed E-state index contributed by atoms with van der Waals surface area (Å²) in [6.45, 7) is 0. The summed E-state index contributed by atoms with van der Waals surface area (Å²) in [5.41, 5.74) is 2.86. The van der Waals surface area contributed by atoms with E-state index in [-0.39, 0.29) is 17.5 Å². The van der Waals surface area contributed by atoms with Gasteiger partial charge in [-0.05, 0) is 35.4 Å². The number of nitrogens with zero attached hydrogens (tertiary/aromatic N) is 1. The second-order valence-corrected chi connectivity index (χ2v) is 11.1. The number of halogens is 1. The van der Waals surface area contributed by atoms with Crippen molar-refractivity contribution in [3.8, 4) is 0 Å². The fraction of sp³-hybridized carbons (Fsp3) is 0.121. The average Bonchev–Trinajstić information content (AvgIpc) is 3.45. The molecule has 1 amide bonds. The number of rotatable bonds is 4. The minimum Gasteiger partial charge on any atom is -0.352 e. The molecule has 1 N–H and O–H groups in total. The maximum Gasteiger partial charge on any atom is 0.238 e. The van der Waals surface area contributed by atoms with E-state index in [1.165, 1.54) is 0 Å². The van der Waals surface area contributed by atoms with Crippen LogP contribution in [0.15, 0.2) is 114 Å². The van der Waals surface area contributed by atoms with Gasteiger partial charge in [0.2, 0.25) is 5.91 Å². The number of hydrogen-bond acceptors (Lipinski definition) is 4. The molecule has 0 radical (unpaired) electrons. The molecule has 190 valence electrons. The molecule has 6 heteroatoms. The van der Waals surface area contributed by atoms with Crippen LogP contribution in [0.3, 0.4) is 0 Å². The highest BCUT2D eigenvalue weighted by Gasteiger charge is 2.70. The molecule has 1 fully saturated rings. The van der Waals surface area contributed by atoms with Gasteiger partial charge in [0.1, 0.15) is 11.5 Å². The second-order valence-electron chi connectivity index (χ2n) is 10.2. The topological polar surface area (TPSA) is 66.5 Å². The lowest BCUT2D eigenvalue weighted by atomic mass is 9.64.